The second-order valence-electron chi connectivity index (χ2n) is 4.22. The summed E-state index contributed by atoms with van der Waals surface area (Å²) in [4.78, 5) is 0. The molecule has 1 aromatic carbocycles. The van der Waals surface area contributed by atoms with E-state index in [0.29, 0.717) is 6.04 Å². The van der Waals surface area contributed by atoms with Gasteiger partial charge in [-0.3, -0.25) is 5.10 Å². The van der Waals surface area contributed by atoms with Gasteiger partial charge in [0.25, 0.3) is 0 Å². The van der Waals surface area contributed by atoms with Gasteiger partial charge in [-0.05, 0) is 0 Å². The molecule has 0 spiro atoms. The fourth-order valence-corrected chi connectivity index (χ4v) is 2.05. The molecule has 2 heterocycles. The van der Waals surface area contributed by atoms with Gasteiger partial charge in [0.2, 0.25) is 0 Å². The first kappa shape index (κ1) is 10.0. The molecule has 1 N–H and O–H groups in total. The molecule has 3 rings (SSSR count). The van der Waals surface area contributed by atoms with Crippen molar-refractivity contribution in [3.63, 3.8) is 0 Å². The third-order valence-corrected chi connectivity index (χ3v) is 3.13. The van der Waals surface area contributed by atoms with Crippen LogP contribution in [0.5, 0.6) is 0 Å². The van der Waals surface area contributed by atoms with Crippen LogP contribution in [0.2, 0.25) is 0 Å². The van der Waals surface area contributed by atoms with Gasteiger partial charge in [-0.2, -0.15) is 9.67 Å². The number of benzene rings is 1. The lowest BCUT2D eigenvalue weighted by Crippen LogP contribution is -2.37. The Morgan fingerprint density at radius 2 is 2.00 bits per heavy atom. The van der Waals surface area contributed by atoms with Gasteiger partial charge in [-0.25, -0.2) is 0 Å². The van der Waals surface area contributed by atoms with Gasteiger partial charge in [0.15, 0.2) is 18.4 Å². The van der Waals surface area contributed by atoms with E-state index in [1.807, 2.05) is 12.3 Å². The van der Waals surface area contributed by atoms with Crippen molar-refractivity contribution in [2.45, 2.75) is 13.0 Å². The number of pyridine rings is 1. The number of aromatic nitrogens is 3. The number of nitrogens with one attached hydrogen (secondary N) is 1. The fourth-order valence-electron chi connectivity index (χ4n) is 2.05. The van der Waals surface area contributed by atoms with Crippen LogP contribution in [0, 0.1) is 0 Å². The SMILES string of the molecule is CC(c1ccccc1)[n+]1ccc2[nH]ncc2c1. The Hall–Kier alpha value is -2.16. The van der Waals surface area contributed by atoms with E-state index in [0.717, 1.165) is 10.9 Å². The Morgan fingerprint density at radius 3 is 2.82 bits per heavy atom. The van der Waals surface area contributed by atoms with E-state index in [4.69, 9.17) is 0 Å². The van der Waals surface area contributed by atoms with Crippen molar-refractivity contribution in [3.05, 3.63) is 60.6 Å². The molecule has 0 aliphatic carbocycles. The standard InChI is InChI=1S/C14H13N3/c1-11(12-5-3-2-4-6-12)17-8-7-14-13(10-17)9-15-16-14/h2-11H,1H3/p+1. The van der Waals surface area contributed by atoms with Crippen LogP contribution < -0.4 is 4.57 Å². The van der Waals surface area contributed by atoms with Crippen LogP contribution in [0.3, 0.4) is 0 Å². The van der Waals surface area contributed by atoms with Crippen molar-refractivity contribution in [2.24, 2.45) is 0 Å². The topological polar surface area (TPSA) is 32.6 Å². The number of aromatic amines is 1. The number of H-pyrrole nitrogens is 1. The minimum absolute atomic E-state index is 0.329. The van der Waals surface area contributed by atoms with Crippen molar-refractivity contribution < 1.29 is 4.57 Å². The molecular weight excluding hydrogens is 210 g/mol. The van der Waals surface area contributed by atoms with Crippen LogP contribution in [0.15, 0.2) is 55.0 Å². The highest BCUT2D eigenvalue weighted by molar-refractivity contribution is 5.75. The predicted octanol–water partition coefficient (Wildman–Crippen LogP) is 2.46. The first-order valence-electron chi connectivity index (χ1n) is 5.73. The maximum absolute atomic E-state index is 4.04. The number of hydrogen-bond donors (Lipinski definition) is 1. The largest absolute Gasteiger partial charge is 0.277 e. The Morgan fingerprint density at radius 1 is 1.18 bits per heavy atom. The van der Waals surface area contributed by atoms with Crippen molar-refractivity contribution in [1.29, 1.82) is 0 Å². The first-order chi connectivity index (χ1) is 8.34. The van der Waals surface area contributed by atoms with E-state index < -0.39 is 0 Å². The van der Waals surface area contributed by atoms with E-state index >= 15 is 0 Å². The quantitative estimate of drug-likeness (QED) is 0.666. The van der Waals surface area contributed by atoms with Crippen molar-refractivity contribution in [3.8, 4) is 0 Å². The summed E-state index contributed by atoms with van der Waals surface area (Å²) < 4.78 is 2.20. The average molecular weight is 224 g/mol. The zero-order valence-electron chi connectivity index (χ0n) is 9.67. The number of fused-ring (bicyclic) bond motifs is 1. The molecule has 0 fully saturated rings. The highest BCUT2D eigenvalue weighted by Crippen LogP contribution is 2.13. The van der Waals surface area contributed by atoms with Crippen LogP contribution in [0.4, 0.5) is 0 Å². The Bertz CT molecular complexity index is 628. The van der Waals surface area contributed by atoms with Gasteiger partial charge < -0.3 is 0 Å². The molecule has 1 unspecified atom stereocenters. The number of rotatable bonds is 2. The maximum atomic E-state index is 4.04. The molecule has 17 heavy (non-hydrogen) atoms. The molecule has 0 radical (unpaired) electrons. The summed E-state index contributed by atoms with van der Waals surface area (Å²) in [5, 5.41) is 8.13. The molecule has 3 nitrogen and oxygen atoms in total. The van der Waals surface area contributed by atoms with E-state index in [-0.39, 0.29) is 0 Å². The highest BCUT2D eigenvalue weighted by atomic mass is 15.1. The van der Waals surface area contributed by atoms with E-state index in [1.165, 1.54) is 5.56 Å². The zero-order chi connectivity index (χ0) is 11.7. The lowest BCUT2D eigenvalue weighted by Gasteiger charge is -2.06. The maximum Gasteiger partial charge on any atom is 0.180 e. The molecule has 0 aliphatic heterocycles. The van der Waals surface area contributed by atoms with Crippen LogP contribution in [-0.4, -0.2) is 10.2 Å². The van der Waals surface area contributed by atoms with Gasteiger partial charge >= 0.3 is 0 Å². The average Bonchev–Trinajstić information content (AvgIpc) is 2.86. The third kappa shape index (κ3) is 1.80. The summed E-state index contributed by atoms with van der Waals surface area (Å²) in [6.07, 6.45) is 6.05. The molecule has 84 valence electrons. The van der Waals surface area contributed by atoms with Crippen LogP contribution in [0.1, 0.15) is 18.5 Å². The minimum atomic E-state index is 0.329. The van der Waals surface area contributed by atoms with Crippen molar-refractivity contribution in [2.75, 3.05) is 0 Å². The molecule has 2 aromatic heterocycles. The lowest BCUT2D eigenvalue weighted by atomic mass is 10.1. The Kier molecular flexibility index (Phi) is 2.37. The summed E-state index contributed by atoms with van der Waals surface area (Å²) in [6.45, 7) is 2.20. The molecular formula is C14H14N3+. The minimum Gasteiger partial charge on any atom is -0.277 e. The van der Waals surface area contributed by atoms with Crippen molar-refractivity contribution in [1.82, 2.24) is 10.2 Å². The zero-order valence-corrected chi connectivity index (χ0v) is 9.67. The Balaban J connectivity index is 2.03. The van der Waals surface area contributed by atoms with Gasteiger partial charge in [0.05, 0.1) is 17.1 Å². The van der Waals surface area contributed by atoms with Gasteiger partial charge in [0, 0.05) is 18.6 Å². The van der Waals surface area contributed by atoms with E-state index in [9.17, 15) is 0 Å². The second-order valence-corrected chi connectivity index (χ2v) is 4.22. The summed E-state index contributed by atoms with van der Waals surface area (Å²) >= 11 is 0. The normalized spacial score (nSPS) is 12.8. The highest BCUT2D eigenvalue weighted by Gasteiger charge is 2.15. The van der Waals surface area contributed by atoms with E-state index in [2.05, 4.69) is 64.4 Å². The van der Waals surface area contributed by atoms with Gasteiger partial charge in [-0.15, -0.1) is 0 Å². The molecule has 1 atom stereocenters. The number of nitrogens with zero attached hydrogens (tertiary/aromatic N) is 2. The van der Waals surface area contributed by atoms with Crippen LogP contribution >= 0.6 is 0 Å². The first-order valence-corrected chi connectivity index (χ1v) is 5.73. The fraction of sp³-hybridized carbons (Fsp3) is 0.143. The molecule has 0 saturated carbocycles. The molecule has 0 aliphatic rings. The molecule has 3 heteroatoms. The number of hydrogen-bond acceptors (Lipinski definition) is 1. The third-order valence-electron chi connectivity index (χ3n) is 3.13. The predicted molar refractivity (Wildman–Crippen MR) is 66.5 cm³/mol. The van der Waals surface area contributed by atoms with E-state index in [1.54, 1.807) is 0 Å². The molecule has 0 amide bonds. The molecule has 0 saturated heterocycles. The lowest BCUT2D eigenvalue weighted by molar-refractivity contribution is -0.709. The second kappa shape index (κ2) is 4.01. The van der Waals surface area contributed by atoms with Gasteiger partial charge in [-0.1, -0.05) is 30.3 Å². The van der Waals surface area contributed by atoms with Crippen LogP contribution in [0.25, 0.3) is 10.9 Å². The summed E-state index contributed by atoms with van der Waals surface area (Å²) in [7, 11) is 0. The molecule has 0 bridgehead atoms. The smallest absolute Gasteiger partial charge is 0.180 e. The summed E-state index contributed by atoms with van der Waals surface area (Å²) in [6, 6.07) is 12.9. The summed E-state index contributed by atoms with van der Waals surface area (Å²) in [5.41, 5.74) is 2.38. The van der Waals surface area contributed by atoms with Crippen LogP contribution in [-0.2, 0) is 0 Å². The Labute approximate surface area is 99.7 Å². The monoisotopic (exact) mass is 224 g/mol. The van der Waals surface area contributed by atoms with Gasteiger partial charge in [0.1, 0.15) is 0 Å². The molecule has 3 aromatic rings. The summed E-state index contributed by atoms with van der Waals surface area (Å²) in [5.74, 6) is 0. The van der Waals surface area contributed by atoms with Crippen molar-refractivity contribution >= 4 is 10.9 Å².